The van der Waals surface area contributed by atoms with Crippen molar-refractivity contribution >= 4 is 22.9 Å². The van der Waals surface area contributed by atoms with E-state index in [1.807, 2.05) is 13.1 Å². The van der Waals surface area contributed by atoms with Crippen molar-refractivity contribution in [2.45, 2.75) is 25.3 Å². The Morgan fingerprint density at radius 3 is 3.05 bits per heavy atom. The molecule has 100 valence electrons. The molecular weight excluding hydrogens is 280 g/mol. The van der Waals surface area contributed by atoms with Gasteiger partial charge in [0, 0.05) is 16.5 Å². The standard InChI is InChI=1S/C14H15ClN2OS/c1-16-10-3-2-4-11-13(10)19-14(17-11)8-5-6-12(18)9(15)7-8/h5-7,10,16,18H,2-4H2,1H3. The fourth-order valence-electron chi connectivity index (χ4n) is 2.46. The van der Waals surface area contributed by atoms with Gasteiger partial charge in [0.2, 0.25) is 0 Å². The minimum atomic E-state index is 0.111. The molecule has 0 amide bonds. The number of halogens is 1. The van der Waals surface area contributed by atoms with E-state index >= 15 is 0 Å². The van der Waals surface area contributed by atoms with E-state index in [1.165, 1.54) is 23.4 Å². The summed E-state index contributed by atoms with van der Waals surface area (Å²) in [5, 5.41) is 14.2. The summed E-state index contributed by atoms with van der Waals surface area (Å²) in [6, 6.07) is 5.67. The van der Waals surface area contributed by atoms with Gasteiger partial charge in [0.1, 0.15) is 10.8 Å². The second-order valence-electron chi connectivity index (χ2n) is 4.73. The lowest BCUT2D eigenvalue weighted by Gasteiger charge is -2.19. The number of phenolic OH excluding ortho intramolecular Hbond substituents is 1. The van der Waals surface area contributed by atoms with Crippen LogP contribution in [0.5, 0.6) is 5.75 Å². The van der Waals surface area contributed by atoms with Gasteiger partial charge in [0.25, 0.3) is 0 Å². The van der Waals surface area contributed by atoms with E-state index in [1.54, 1.807) is 23.5 Å². The van der Waals surface area contributed by atoms with Crippen LogP contribution in [0.15, 0.2) is 18.2 Å². The van der Waals surface area contributed by atoms with Crippen molar-refractivity contribution in [1.82, 2.24) is 10.3 Å². The molecule has 3 rings (SSSR count). The molecule has 0 bridgehead atoms. The largest absolute Gasteiger partial charge is 0.506 e. The maximum Gasteiger partial charge on any atom is 0.134 e. The molecule has 19 heavy (non-hydrogen) atoms. The first-order valence-corrected chi connectivity index (χ1v) is 7.54. The number of aromatic nitrogens is 1. The number of rotatable bonds is 2. The van der Waals surface area contributed by atoms with Gasteiger partial charge in [0.15, 0.2) is 0 Å². The second-order valence-corrected chi connectivity index (χ2v) is 6.17. The van der Waals surface area contributed by atoms with Crippen LogP contribution in [0.3, 0.4) is 0 Å². The Morgan fingerprint density at radius 1 is 1.47 bits per heavy atom. The number of hydrogen-bond acceptors (Lipinski definition) is 4. The van der Waals surface area contributed by atoms with Gasteiger partial charge < -0.3 is 10.4 Å². The predicted molar refractivity (Wildman–Crippen MR) is 79.0 cm³/mol. The molecule has 0 aliphatic heterocycles. The van der Waals surface area contributed by atoms with E-state index < -0.39 is 0 Å². The monoisotopic (exact) mass is 294 g/mol. The van der Waals surface area contributed by atoms with Crippen LogP contribution < -0.4 is 5.32 Å². The molecule has 1 atom stereocenters. The topological polar surface area (TPSA) is 45.2 Å². The van der Waals surface area contributed by atoms with E-state index in [-0.39, 0.29) is 5.75 Å². The highest BCUT2D eigenvalue weighted by molar-refractivity contribution is 7.15. The third-order valence-corrected chi connectivity index (χ3v) is 5.06. The molecule has 1 aliphatic carbocycles. The van der Waals surface area contributed by atoms with Gasteiger partial charge in [-0.05, 0) is 44.5 Å². The van der Waals surface area contributed by atoms with Gasteiger partial charge in [0.05, 0.1) is 10.7 Å². The van der Waals surface area contributed by atoms with Gasteiger partial charge >= 0.3 is 0 Å². The van der Waals surface area contributed by atoms with Gasteiger partial charge in [-0.1, -0.05) is 11.6 Å². The molecule has 0 saturated carbocycles. The normalized spacial score (nSPS) is 18.3. The van der Waals surface area contributed by atoms with Crippen LogP contribution >= 0.6 is 22.9 Å². The highest BCUT2D eigenvalue weighted by Crippen LogP contribution is 2.39. The van der Waals surface area contributed by atoms with Crippen LogP contribution in [-0.2, 0) is 6.42 Å². The van der Waals surface area contributed by atoms with Crippen LogP contribution in [0.1, 0.15) is 29.5 Å². The zero-order valence-electron chi connectivity index (χ0n) is 10.6. The number of fused-ring (bicyclic) bond motifs is 1. The summed E-state index contributed by atoms with van der Waals surface area (Å²) >= 11 is 7.68. The van der Waals surface area contributed by atoms with E-state index in [9.17, 15) is 5.11 Å². The Labute approximate surface area is 121 Å². The molecule has 0 spiro atoms. The average molecular weight is 295 g/mol. The molecule has 1 unspecified atom stereocenters. The fraction of sp³-hybridized carbons (Fsp3) is 0.357. The molecule has 1 aliphatic rings. The van der Waals surface area contributed by atoms with Gasteiger partial charge in [-0.15, -0.1) is 11.3 Å². The molecular formula is C14H15ClN2OS. The molecule has 2 aromatic rings. The van der Waals surface area contributed by atoms with Crippen molar-refractivity contribution in [3.63, 3.8) is 0 Å². The summed E-state index contributed by atoms with van der Waals surface area (Å²) in [4.78, 5) is 6.07. The number of nitrogens with zero attached hydrogens (tertiary/aromatic N) is 1. The fourth-order valence-corrected chi connectivity index (χ4v) is 3.89. The van der Waals surface area contributed by atoms with Crippen molar-refractivity contribution in [2.75, 3.05) is 7.05 Å². The van der Waals surface area contributed by atoms with Crippen LogP contribution in [0, 0.1) is 0 Å². The van der Waals surface area contributed by atoms with E-state index in [0.29, 0.717) is 11.1 Å². The summed E-state index contributed by atoms with van der Waals surface area (Å²) in [5.74, 6) is 0.111. The Hall–Kier alpha value is -1.10. The summed E-state index contributed by atoms with van der Waals surface area (Å²) in [5.41, 5.74) is 2.17. The van der Waals surface area contributed by atoms with Crippen molar-refractivity contribution in [3.05, 3.63) is 33.8 Å². The highest BCUT2D eigenvalue weighted by Gasteiger charge is 2.23. The first kappa shape index (κ1) is 12.9. The maximum absolute atomic E-state index is 9.47. The van der Waals surface area contributed by atoms with E-state index in [0.717, 1.165) is 17.0 Å². The van der Waals surface area contributed by atoms with Crippen molar-refractivity contribution < 1.29 is 5.11 Å². The number of thiazole rings is 1. The smallest absolute Gasteiger partial charge is 0.134 e. The SMILES string of the molecule is CNC1CCCc2nc(-c3ccc(O)c(Cl)c3)sc21. The van der Waals surface area contributed by atoms with Gasteiger partial charge in [-0.25, -0.2) is 4.98 Å². The van der Waals surface area contributed by atoms with Crippen molar-refractivity contribution in [1.29, 1.82) is 0 Å². The van der Waals surface area contributed by atoms with E-state index in [2.05, 4.69) is 5.32 Å². The van der Waals surface area contributed by atoms with Gasteiger partial charge in [-0.3, -0.25) is 0 Å². The lowest BCUT2D eigenvalue weighted by atomic mass is 9.98. The number of phenols is 1. The Morgan fingerprint density at radius 2 is 2.32 bits per heavy atom. The van der Waals surface area contributed by atoms with Crippen LogP contribution in [0.25, 0.3) is 10.6 Å². The summed E-state index contributed by atoms with van der Waals surface area (Å²) in [7, 11) is 2.00. The van der Waals surface area contributed by atoms with Gasteiger partial charge in [-0.2, -0.15) is 0 Å². The molecule has 3 nitrogen and oxygen atoms in total. The highest BCUT2D eigenvalue weighted by atomic mass is 35.5. The first-order chi connectivity index (χ1) is 9.19. The third kappa shape index (κ3) is 2.36. The minimum Gasteiger partial charge on any atom is -0.506 e. The van der Waals surface area contributed by atoms with Crippen LogP contribution in [0.2, 0.25) is 5.02 Å². The molecule has 0 fully saturated rings. The Balaban J connectivity index is 2.02. The molecule has 1 aromatic heterocycles. The number of hydrogen-bond donors (Lipinski definition) is 2. The number of aromatic hydroxyl groups is 1. The molecule has 1 heterocycles. The number of aryl methyl sites for hydroxylation is 1. The first-order valence-electron chi connectivity index (χ1n) is 6.35. The summed E-state index contributed by atoms with van der Waals surface area (Å²) < 4.78 is 0. The zero-order valence-corrected chi connectivity index (χ0v) is 12.2. The quantitative estimate of drug-likeness (QED) is 0.886. The van der Waals surface area contributed by atoms with Crippen molar-refractivity contribution in [2.24, 2.45) is 0 Å². The van der Waals surface area contributed by atoms with E-state index in [4.69, 9.17) is 16.6 Å². The second kappa shape index (κ2) is 5.12. The lowest BCUT2D eigenvalue weighted by Crippen LogP contribution is -2.19. The average Bonchev–Trinajstić information content (AvgIpc) is 2.85. The molecule has 2 N–H and O–H groups in total. The predicted octanol–water partition coefficient (Wildman–Crippen LogP) is 3.77. The van der Waals surface area contributed by atoms with Crippen molar-refractivity contribution in [3.8, 4) is 16.3 Å². The molecule has 1 aromatic carbocycles. The number of nitrogens with one attached hydrogen (secondary N) is 1. The van der Waals surface area contributed by atoms with Crippen LogP contribution in [0.4, 0.5) is 0 Å². The molecule has 0 saturated heterocycles. The number of benzene rings is 1. The third-order valence-electron chi connectivity index (χ3n) is 3.49. The summed E-state index contributed by atoms with van der Waals surface area (Å²) in [6.45, 7) is 0. The Bertz CT molecular complexity index is 611. The zero-order chi connectivity index (χ0) is 13.4. The van der Waals surface area contributed by atoms with Crippen LogP contribution in [-0.4, -0.2) is 17.1 Å². The molecule has 5 heteroatoms. The summed E-state index contributed by atoms with van der Waals surface area (Å²) in [6.07, 6.45) is 3.40. The molecule has 0 radical (unpaired) electrons. The minimum absolute atomic E-state index is 0.111. The Kier molecular flexibility index (Phi) is 3.48. The lowest BCUT2D eigenvalue weighted by molar-refractivity contribution is 0.475. The maximum atomic E-state index is 9.47.